The van der Waals surface area contributed by atoms with Crippen molar-refractivity contribution in [3.05, 3.63) is 58.1 Å². The number of ether oxygens (including phenoxy) is 1. The molecule has 0 radical (unpaired) electrons. The molecule has 0 aliphatic carbocycles. The predicted octanol–water partition coefficient (Wildman–Crippen LogP) is 3.02. The third kappa shape index (κ3) is 3.27. The van der Waals surface area contributed by atoms with Gasteiger partial charge in [0.25, 0.3) is 0 Å². The first kappa shape index (κ1) is 13.0. The van der Waals surface area contributed by atoms with E-state index >= 15 is 0 Å². The van der Waals surface area contributed by atoms with Crippen LogP contribution in [0.25, 0.3) is 0 Å². The van der Waals surface area contributed by atoms with E-state index in [2.05, 4.69) is 20.9 Å². The zero-order valence-electron chi connectivity index (χ0n) is 9.57. The van der Waals surface area contributed by atoms with E-state index in [1.54, 1.807) is 18.3 Å². The Morgan fingerprint density at radius 1 is 1.28 bits per heavy atom. The van der Waals surface area contributed by atoms with Crippen molar-refractivity contribution in [2.45, 2.75) is 13.2 Å². The average molecular weight is 311 g/mol. The number of pyridine rings is 1. The maximum atomic E-state index is 13.6. The molecule has 0 unspecified atom stereocenters. The number of aromatic nitrogens is 1. The Balaban J connectivity index is 2.04. The minimum atomic E-state index is -0.407. The Morgan fingerprint density at radius 3 is 2.72 bits per heavy atom. The van der Waals surface area contributed by atoms with Gasteiger partial charge in [0.2, 0.25) is 0 Å². The smallest absolute Gasteiger partial charge is 0.165 e. The van der Waals surface area contributed by atoms with Crippen molar-refractivity contribution in [1.82, 2.24) is 4.98 Å². The maximum absolute atomic E-state index is 13.6. The van der Waals surface area contributed by atoms with E-state index in [4.69, 9.17) is 10.5 Å². The normalized spacial score (nSPS) is 10.4. The second-order valence-corrected chi connectivity index (χ2v) is 4.64. The van der Waals surface area contributed by atoms with Gasteiger partial charge >= 0.3 is 0 Å². The quantitative estimate of drug-likeness (QED) is 0.944. The minimum Gasteiger partial charge on any atom is -0.484 e. The highest BCUT2D eigenvalue weighted by molar-refractivity contribution is 9.10. The van der Waals surface area contributed by atoms with Gasteiger partial charge in [-0.3, -0.25) is 4.98 Å². The van der Waals surface area contributed by atoms with Crippen LogP contribution in [0.4, 0.5) is 4.39 Å². The molecule has 0 atom stereocenters. The number of rotatable bonds is 4. The molecule has 0 saturated carbocycles. The molecule has 0 amide bonds. The second-order valence-electron chi connectivity index (χ2n) is 3.73. The lowest BCUT2D eigenvalue weighted by Gasteiger charge is -2.07. The van der Waals surface area contributed by atoms with Crippen LogP contribution in [0.5, 0.6) is 5.75 Å². The highest BCUT2D eigenvalue weighted by atomic mass is 79.9. The number of halogens is 2. The fraction of sp³-hybridized carbons (Fsp3) is 0.154. The first-order valence-electron chi connectivity index (χ1n) is 5.41. The summed E-state index contributed by atoms with van der Waals surface area (Å²) in [5.74, 6) is -0.202. The number of hydrogen-bond donors (Lipinski definition) is 1. The summed E-state index contributed by atoms with van der Waals surface area (Å²) in [5.41, 5.74) is 6.90. The Kier molecular flexibility index (Phi) is 4.28. The van der Waals surface area contributed by atoms with E-state index in [9.17, 15) is 4.39 Å². The lowest BCUT2D eigenvalue weighted by Crippen LogP contribution is -2.01. The van der Waals surface area contributed by atoms with Crippen molar-refractivity contribution < 1.29 is 9.13 Å². The van der Waals surface area contributed by atoms with E-state index < -0.39 is 5.82 Å². The van der Waals surface area contributed by atoms with Crippen molar-refractivity contribution >= 4 is 15.9 Å². The SMILES string of the molecule is NCc1ccc(OCc2ccc(Br)cn2)c(F)c1. The average Bonchev–Trinajstić information content (AvgIpc) is 2.39. The molecule has 3 nitrogen and oxygen atoms in total. The van der Waals surface area contributed by atoms with Crippen LogP contribution in [0, 0.1) is 5.82 Å². The summed E-state index contributed by atoms with van der Waals surface area (Å²) in [4.78, 5) is 4.14. The number of nitrogens with zero attached hydrogens (tertiary/aromatic N) is 1. The largest absolute Gasteiger partial charge is 0.484 e. The van der Waals surface area contributed by atoms with Crippen molar-refractivity contribution in [2.75, 3.05) is 0 Å². The highest BCUT2D eigenvalue weighted by Crippen LogP contribution is 2.19. The summed E-state index contributed by atoms with van der Waals surface area (Å²) in [6.07, 6.45) is 1.67. The van der Waals surface area contributed by atoms with Gasteiger partial charge in [-0.15, -0.1) is 0 Å². The molecular formula is C13H12BrFN2O. The molecule has 0 aliphatic heterocycles. The Morgan fingerprint density at radius 2 is 2.11 bits per heavy atom. The van der Waals surface area contributed by atoms with Gasteiger partial charge in [0.15, 0.2) is 11.6 Å². The van der Waals surface area contributed by atoms with Crippen molar-refractivity contribution in [3.8, 4) is 5.75 Å². The van der Waals surface area contributed by atoms with Crippen molar-refractivity contribution in [2.24, 2.45) is 5.73 Å². The first-order chi connectivity index (χ1) is 8.69. The standard InChI is InChI=1S/C13H12BrFN2O/c14-10-2-3-11(17-7-10)8-18-13-4-1-9(6-16)5-12(13)15/h1-5,7H,6,8,16H2. The molecule has 5 heteroatoms. The molecule has 94 valence electrons. The fourth-order valence-corrected chi connectivity index (χ4v) is 1.67. The molecule has 0 saturated heterocycles. The van der Waals surface area contributed by atoms with Crippen LogP contribution >= 0.6 is 15.9 Å². The molecule has 1 aromatic carbocycles. The predicted molar refractivity (Wildman–Crippen MR) is 70.6 cm³/mol. The molecular weight excluding hydrogens is 299 g/mol. The molecule has 2 rings (SSSR count). The third-order valence-corrected chi connectivity index (χ3v) is 2.87. The Hall–Kier alpha value is -1.46. The lowest BCUT2D eigenvalue weighted by atomic mass is 10.2. The van der Waals surface area contributed by atoms with Gasteiger partial charge in [-0.05, 0) is 45.8 Å². The Labute approximate surface area is 113 Å². The summed E-state index contributed by atoms with van der Waals surface area (Å²) < 4.78 is 19.9. The fourth-order valence-electron chi connectivity index (χ4n) is 1.43. The van der Waals surface area contributed by atoms with Gasteiger partial charge in [-0.2, -0.15) is 0 Å². The molecule has 0 bridgehead atoms. The molecule has 1 heterocycles. The summed E-state index contributed by atoms with van der Waals surface area (Å²) in [6.45, 7) is 0.539. The second kappa shape index (κ2) is 5.93. The number of nitrogens with two attached hydrogens (primary N) is 1. The van der Waals surface area contributed by atoms with Crippen LogP contribution < -0.4 is 10.5 Å². The summed E-state index contributed by atoms with van der Waals surface area (Å²) in [7, 11) is 0. The molecule has 0 fully saturated rings. The topological polar surface area (TPSA) is 48.1 Å². The van der Waals surface area contributed by atoms with E-state index in [1.165, 1.54) is 6.07 Å². The summed E-state index contributed by atoms with van der Waals surface area (Å²) in [6, 6.07) is 8.38. The maximum Gasteiger partial charge on any atom is 0.165 e. The van der Waals surface area contributed by atoms with Gasteiger partial charge in [-0.1, -0.05) is 6.07 Å². The molecule has 0 spiro atoms. The van der Waals surface area contributed by atoms with E-state index in [0.717, 1.165) is 15.7 Å². The van der Waals surface area contributed by atoms with Crippen molar-refractivity contribution in [1.29, 1.82) is 0 Å². The van der Waals surface area contributed by atoms with Crippen LogP contribution in [-0.2, 0) is 13.2 Å². The van der Waals surface area contributed by atoms with Crippen molar-refractivity contribution in [3.63, 3.8) is 0 Å². The molecule has 2 aromatic rings. The molecule has 0 aliphatic rings. The van der Waals surface area contributed by atoms with Crippen LogP contribution in [0.2, 0.25) is 0 Å². The monoisotopic (exact) mass is 310 g/mol. The van der Waals surface area contributed by atoms with Gasteiger partial charge in [0, 0.05) is 17.2 Å². The van der Waals surface area contributed by atoms with E-state index in [-0.39, 0.29) is 12.4 Å². The van der Waals surface area contributed by atoms with Crippen LogP contribution in [0.1, 0.15) is 11.3 Å². The van der Waals surface area contributed by atoms with E-state index in [0.29, 0.717) is 6.54 Å². The molecule has 18 heavy (non-hydrogen) atoms. The van der Waals surface area contributed by atoms with Gasteiger partial charge in [0.05, 0.1) is 5.69 Å². The summed E-state index contributed by atoms with van der Waals surface area (Å²) >= 11 is 3.29. The summed E-state index contributed by atoms with van der Waals surface area (Å²) in [5, 5.41) is 0. The number of benzene rings is 1. The van der Waals surface area contributed by atoms with Crippen LogP contribution in [-0.4, -0.2) is 4.98 Å². The molecule has 2 N–H and O–H groups in total. The lowest BCUT2D eigenvalue weighted by molar-refractivity contribution is 0.286. The third-order valence-electron chi connectivity index (χ3n) is 2.40. The van der Waals surface area contributed by atoms with Gasteiger partial charge < -0.3 is 10.5 Å². The highest BCUT2D eigenvalue weighted by Gasteiger charge is 2.05. The zero-order valence-corrected chi connectivity index (χ0v) is 11.2. The van der Waals surface area contributed by atoms with Crippen LogP contribution in [0.3, 0.4) is 0 Å². The van der Waals surface area contributed by atoms with Gasteiger partial charge in [0.1, 0.15) is 6.61 Å². The van der Waals surface area contributed by atoms with E-state index in [1.807, 2.05) is 12.1 Å². The zero-order chi connectivity index (χ0) is 13.0. The molecule has 1 aromatic heterocycles. The number of hydrogen-bond acceptors (Lipinski definition) is 3. The van der Waals surface area contributed by atoms with Crippen LogP contribution in [0.15, 0.2) is 41.0 Å². The first-order valence-corrected chi connectivity index (χ1v) is 6.20. The minimum absolute atomic E-state index is 0.205. The Bertz CT molecular complexity index is 531. The van der Waals surface area contributed by atoms with Gasteiger partial charge in [-0.25, -0.2) is 4.39 Å².